The van der Waals surface area contributed by atoms with Gasteiger partial charge >= 0.3 is 0 Å². The maximum Gasteiger partial charge on any atom is 0.235 e. The summed E-state index contributed by atoms with van der Waals surface area (Å²) in [6.45, 7) is 1.73. The number of aliphatic imine (C=N–C) groups is 1. The first-order chi connectivity index (χ1) is 9.72. The topological polar surface area (TPSA) is 44.7 Å². The van der Waals surface area contributed by atoms with Crippen LogP contribution in [0.5, 0.6) is 0 Å². The second-order valence-corrected chi connectivity index (χ2v) is 5.87. The largest absolute Gasteiger partial charge is 0.351 e. The highest BCUT2D eigenvalue weighted by Crippen LogP contribution is 2.34. The molecule has 104 valence electrons. The molecular formula is C14H14FN3OS. The smallest absolute Gasteiger partial charge is 0.235 e. The quantitative estimate of drug-likeness (QED) is 0.922. The number of amides is 1. The van der Waals surface area contributed by atoms with Gasteiger partial charge in [-0.1, -0.05) is 23.9 Å². The van der Waals surface area contributed by atoms with Crippen LogP contribution in [-0.2, 0) is 11.3 Å². The molecule has 0 radical (unpaired) electrons. The Morgan fingerprint density at radius 3 is 3.00 bits per heavy atom. The molecule has 4 nitrogen and oxygen atoms in total. The van der Waals surface area contributed by atoms with E-state index in [0.717, 1.165) is 10.6 Å². The third-order valence-corrected chi connectivity index (χ3v) is 4.49. The number of rotatable bonds is 3. The van der Waals surface area contributed by atoms with Crippen LogP contribution in [0, 0.1) is 5.82 Å². The van der Waals surface area contributed by atoms with E-state index < -0.39 is 0 Å². The Labute approximate surface area is 120 Å². The Bertz CT molecular complexity index is 570. The summed E-state index contributed by atoms with van der Waals surface area (Å²) in [6, 6.07) is 6.15. The molecule has 1 aromatic carbocycles. The summed E-state index contributed by atoms with van der Waals surface area (Å²) in [4.78, 5) is 18.4. The molecule has 2 aliphatic rings. The van der Waals surface area contributed by atoms with Crippen LogP contribution >= 0.6 is 11.8 Å². The van der Waals surface area contributed by atoms with Gasteiger partial charge in [0.2, 0.25) is 5.91 Å². The van der Waals surface area contributed by atoms with Crippen molar-refractivity contribution in [1.29, 1.82) is 0 Å². The van der Waals surface area contributed by atoms with E-state index in [4.69, 9.17) is 0 Å². The maximum atomic E-state index is 12.8. The van der Waals surface area contributed by atoms with E-state index in [-0.39, 0.29) is 17.0 Å². The molecule has 1 unspecified atom stereocenters. The van der Waals surface area contributed by atoms with Crippen LogP contribution in [0.3, 0.4) is 0 Å². The number of nitrogens with one attached hydrogen (secondary N) is 1. The lowest BCUT2D eigenvalue weighted by Crippen LogP contribution is -2.35. The Morgan fingerprint density at radius 2 is 2.25 bits per heavy atom. The maximum absolute atomic E-state index is 12.8. The molecule has 2 heterocycles. The first kappa shape index (κ1) is 13.2. The van der Waals surface area contributed by atoms with E-state index in [1.807, 2.05) is 6.08 Å². The molecule has 1 amide bonds. The molecule has 1 saturated heterocycles. The van der Waals surface area contributed by atoms with Gasteiger partial charge in [0.1, 0.15) is 17.7 Å². The molecule has 1 N–H and O–H groups in total. The van der Waals surface area contributed by atoms with Crippen molar-refractivity contribution < 1.29 is 9.18 Å². The van der Waals surface area contributed by atoms with E-state index in [0.29, 0.717) is 19.8 Å². The third kappa shape index (κ3) is 2.85. The number of thioether (sulfide) groups is 1. The number of fused-ring (bicyclic) bond motifs is 1. The van der Waals surface area contributed by atoms with Gasteiger partial charge in [-0.3, -0.25) is 9.79 Å². The van der Waals surface area contributed by atoms with Gasteiger partial charge < -0.3 is 10.2 Å². The molecule has 0 bridgehead atoms. The van der Waals surface area contributed by atoms with Gasteiger partial charge in [-0.15, -0.1) is 0 Å². The van der Waals surface area contributed by atoms with Crippen molar-refractivity contribution in [3.8, 4) is 0 Å². The Morgan fingerprint density at radius 1 is 1.45 bits per heavy atom. The SMILES string of the molecule is O=C(NCc1ccc(F)cc1)C1CN2CN=CC=C2S1. The fraction of sp³-hybridized carbons (Fsp3) is 0.286. The van der Waals surface area contributed by atoms with Gasteiger partial charge in [-0.25, -0.2) is 4.39 Å². The first-order valence-electron chi connectivity index (χ1n) is 6.36. The summed E-state index contributed by atoms with van der Waals surface area (Å²) < 4.78 is 12.8. The summed E-state index contributed by atoms with van der Waals surface area (Å²) in [7, 11) is 0. The molecule has 0 aliphatic carbocycles. The highest BCUT2D eigenvalue weighted by Gasteiger charge is 2.32. The number of hydrogen-bond donors (Lipinski definition) is 1. The van der Waals surface area contributed by atoms with Crippen LogP contribution in [0.25, 0.3) is 0 Å². The summed E-state index contributed by atoms with van der Waals surface area (Å²) in [5.41, 5.74) is 0.892. The number of carbonyl (C=O) groups excluding carboxylic acids is 1. The Hall–Kier alpha value is -1.82. The van der Waals surface area contributed by atoms with Gasteiger partial charge in [0.05, 0.1) is 5.03 Å². The second kappa shape index (κ2) is 5.66. The van der Waals surface area contributed by atoms with E-state index >= 15 is 0 Å². The zero-order chi connectivity index (χ0) is 13.9. The minimum absolute atomic E-state index is 0.00891. The molecule has 1 fully saturated rings. The van der Waals surface area contributed by atoms with Crippen LogP contribution in [-0.4, -0.2) is 35.5 Å². The highest BCUT2D eigenvalue weighted by atomic mass is 32.2. The number of nitrogens with zero attached hydrogens (tertiary/aromatic N) is 2. The number of benzene rings is 1. The van der Waals surface area contributed by atoms with Crippen LogP contribution in [0.15, 0.2) is 40.4 Å². The molecule has 0 aromatic heterocycles. The summed E-state index contributed by atoms with van der Waals surface area (Å²) in [5, 5.41) is 3.88. The fourth-order valence-electron chi connectivity index (χ4n) is 2.12. The van der Waals surface area contributed by atoms with Crippen molar-refractivity contribution >= 4 is 23.9 Å². The van der Waals surface area contributed by atoms with Crippen molar-refractivity contribution in [2.45, 2.75) is 11.8 Å². The van der Waals surface area contributed by atoms with E-state index in [2.05, 4.69) is 15.2 Å². The number of allylic oxidation sites excluding steroid dienone is 1. The van der Waals surface area contributed by atoms with E-state index in [1.54, 1.807) is 30.1 Å². The average Bonchev–Trinajstić information content (AvgIpc) is 2.90. The standard InChI is InChI=1S/C14H14FN3OS/c15-11-3-1-10(2-4-11)7-17-14(19)12-8-18-9-16-6-5-13(18)20-12/h1-6,12H,7-9H2,(H,17,19). The predicted octanol–water partition coefficient (Wildman–Crippen LogP) is 1.74. The minimum Gasteiger partial charge on any atom is -0.351 e. The zero-order valence-electron chi connectivity index (χ0n) is 10.8. The third-order valence-electron chi connectivity index (χ3n) is 3.21. The fourth-order valence-corrected chi connectivity index (χ4v) is 3.28. The molecule has 1 aromatic rings. The van der Waals surface area contributed by atoms with Crippen LogP contribution in [0.1, 0.15) is 5.56 Å². The number of carbonyl (C=O) groups is 1. The van der Waals surface area contributed by atoms with Gasteiger partial charge in [0, 0.05) is 19.3 Å². The lowest BCUT2D eigenvalue weighted by atomic mass is 10.2. The predicted molar refractivity (Wildman–Crippen MR) is 77.8 cm³/mol. The lowest BCUT2D eigenvalue weighted by molar-refractivity contribution is -0.120. The Kier molecular flexibility index (Phi) is 3.73. The summed E-state index contributed by atoms with van der Waals surface area (Å²) >= 11 is 1.56. The van der Waals surface area contributed by atoms with Crippen molar-refractivity contribution in [2.75, 3.05) is 13.2 Å². The van der Waals surface area contributed by atoms with Gasteiger partial charge in [0.15, 0.2) is 0 Å². The zero-order valence-corrected chi connectivity index (χ0v) is 11.6. The van der Waals surface area contributed by atoms with Crippen molar-refractivity contribution in [1.82, 2.24) is 10.2 Å². The van der Waals surface area contributed by atoms with Gasteiger partial charge in [-0.2, -0.15) is 0 Å². The lowest BCUT2D eigenvalue weighted by Gasteiger charge is -2.17. The summed E-state index contributed by atoms with van der Waals surface area (Å²) in [5.74, 6) is -0.259. The van der Waals surface area contributed by atoms with E-state index in [1.165, 1.54) is 12.1 Å². The van der Waals surface area contributed by atoms with Crippen LogP contribution in [0.4, 0.5) is 4.39 Å². The summed E-state index contributed by atoms with van der Waals surface area (Å²) in [6.07, 6.45) is 3.71. The minimum atomic E-state index is -0.268. The Balaban J connectivity index is 1.54. The first-order valence-corrected chi connectivity index (χ1v) is 7.24. The van der Waals surface area contributed by atoms with Gasteiger partial charge in [0.25, 0.3) is 0 Å². The molecule has 1 atom stereocenters. The van der Waals surface area contributed by atoms with E-state index in [9.17, 15) is 9.18 Å². The average molecular weight is 291 g/mol. The molecule has 6 heteroatoms. The van der Waals surface area contributed by atoms with Crippen molar-refractivity contribution in [3.05, 3.63) is 46.8 Å². The van der Waals surface area contributed by atoms with Crippen molar-refractivity contribution in [2.24, 2.45) is 4.99 Å². The molecule has 2 aliphatic heterocycles. The monoisotopic (exact) mass is 291 g/mol. The van der Waals surface area contributed by atoms with Crippen molar-refractivity contribution in [3.63, 3.8) is 0 Å². The van der Waals surface area contributed by atoms with Crippen LogP contribution < -0.4 is 5.32 Å². The molecule has 0 saturated carbocycles. The molecular weight excluding hydrogens is 277 g/mol. The molecule has 20 heavy (non-hydrogen) atoms. The normalized spacial score (nSPS) is 20.6. The van der Waals surface area contributed by atoms with Crippen LogP contribution in [0.2, 0.25) is 0 Å². The highest BCUT2D eigenvalue weighted by molar-refractivity contribution is 8.04. The number of hydrogen-bond acceptors (Lipinski definition) is 4. The molecule has 0 spiro atoms. The molecule has 3 rings (SSSR count). The second-order valence-electron chi connectivity index (χ2n) is 4.65. The number of halogens is 1. The van der Waals surface area contributed by atoms with Gasteiger partial charge in [-0.05, 0) is 23.8 Å².